The van der Waals surface area contributed by atoms with E-state index in [9.17, 15) is 27.2 Å². The van der Waals surface area contributed by atoms with Crippen LogP contribution in [0.25, 0.3) is 0 Å². The highest BCUT2D eigenvalue weighted by Crippen LogP contribution is 2.57. The van der Waals surface area contributed by atoms with E-state index in [1.807, 2.05) is 5.53 Å². The third-order valence-corrected chi connectivity index (χ3v) is 7.66. The minimum atomic E-state index is -4.77. The number of esters is 2. The molecular weight excluding hydrogens is 524 g/mol. The molecule has 2 aromatic rings. The molecule has 2 aromatic carbocycles. The molecule has 0 radical (unpaired) electrons. The number of rotatable bonds is 5. The van der Waals surface area contributed by atoms with Crippen LogP contribution in [0.3, 0.4) is 0 Å². The number of hydrazine groups is 2. The van der Waals surface area contributed by atoms with Crippen molar-refractivity contribution in [2.45, 2.75) is 43.0 Å². The van der Waals surface area contributed by atoms with Gasteiger partial charge in [0.05, 0.1) is 43.6 Å². The SMILES string of the molecule is COC(=O)c1ccc(N2C=NNN2C(F)(F)F)cc1C1CO[C@]2(CC[C@H](C(=O)OC)[C@H]2c2ccc(F)cc2)C1. The van der Waals surface area contributed by atoms with Gasteiger partial charge in [0.25, 0.3) is 0 Å². The first-order valence-corrected chi connectivity index (χ1v) is 12.2. The Hall–Kier alpha value is -3.71. The van der Waals surface area contributed by atoms with E-state index in [-0.39, 0.29) is 23.0 Å². The number of halogens is 4. The number of hydrazone groups is 1. The summed E-state index contributed by atoms with van der Waals surface area (Å²) >= 11 is 0. The number of alkyl halides is 3. The number of hydrogen-bond donors (Lipinski definition) is 1. The van der Waals surface area contributed by atoms with Gasteiger partial charge in [0.15, 0.2) is 0 Å². The van der Waals surface area contributed by atoms with Gasteiger partial charge >= 0.3 is 18.2 Å². The molecule has 0 aromatic heterocycles. The molecule has 9 nitrogen and oxygen atoms in total. The average molecular weight is 551 g/mol. The summed E-state index contributed by atoms with van der Waals surface area (Å²) in [5.74, 6) is -2.86. The predicted octanol–water partition coefficient (Wildman–Crippen LogP) is 4.23. The van der Waals surface area contributed by atoms with Gasteiger partial charge < -0.3 is 14.2 Å². The zero-order valence-electron chi connectivity index (χ0n) is 21.1. The van der Waals surface area contributed by atoms with Crippen molar-refractivity contribution in [1.29, 1.82) is 0 Å². The van der Waals surface area contributed by atoms with Crippen molar-refractivity contribution >= 4 is 24.0 Å². The van der Waals surface area contributed by atoms with Crippen molar-refractivity contribution in [3.8, 4) is 0 Å². The van der Waals surface area contributed by atoms with Crippen molar-refractivity contribution in [3.05, 3.63) is 65.0 Å². The third kappa shape index (κ3) is 4.80. The minimum Gasteiger partial charge on any atom is -0.469 e. The van der Waals surface area contributed by atoms with E-state index in [0.717, 1.165) is 11.3 Å². The van der Waals surface area contributed by atoms with E-state index in [1.165, 1.54) is 44.6 Å². The van der Waals surface area contributed by atoms with Crippen LogP contribution < -0.4 is 10.5 Å². The van der Waals surface area contributed by atoms with Crippen LogP contribution in [0.5, 0.6) is 0 Å². The van der Waals surface area contributed by atoms with Crippen molar-refractivity contribution in [1.82, 2.24) is 10.7 Å². The van der Waals surface area contributed by atoms with Crippen LogP contribution in [0, 0.1) is 11.7 Å². The lowest BCUT2D eigenvalue weighted by Gasteiger charge is -2.33. The number of carbonyl (C=O) groups is 2. The zero-order chi connectivity index (χ0) is 27.9. The van der Waals surface area contributed by atoms with E-state index in [0.29, 0.717) is 30.4 Å². The monoisotopic (exact) mass is 550 g/mol. The molecule has 208 valence electrons. The smallest absolute Gasteiger partial charge is 0.469 e. The average Bonchev–Trinajstić information content (AvgIpc) is 3.67. The second kappa shape index (κ2) is 10.1. The van der Waals surface area contributed by atoms with Crippen LogP contribution in [0.15, 0.2) is 47.6 Å². The second-order valence-corrected chi connectivity index (χ2v) is 9.71. The van der Waals surface area contributed by atoms with E-state index >= 15 is 0 Å². The molecule has 3 aliphatic rings. The third-order valence-electron chi connectivity index (χ3n) is 7.66. The normalized spacial score (nSPS) is 26.7. The van der Waals surface area contributed by atoms with Crippen molar-refractivity contribution in [3.63, 3.8) is 0 Å². The molecule has 2 heterocycles. The summed E-state index contributed by atoms with van der Waals surface area (Å²) in [4.78, 5) is 25.4. The lowest BCUT2D eigenvalue weighted by atomic mass is 9.76. The van der Waals surface area contributed by atoms with Crippen molar-refractivity contribution in [2.24, 2.45) is 11.0 Å². The van der Waals surface area contributed by atoms with Gasteiger partial charge in [-0.05, 0) is 65.8 Å². The Morgan fingerprint density at radius 3 is 2.54 bits per heavy atom. The predicted molar refractivity (Wildman–Crippen MR) is 130 cm³/mol. The van der Waals surface area contributed by atoms with E-state index in [1.54, 1.807) is 12.1 Å². The maximum atomic E-state index is 13.7. The number of nitrogens with one attached hydrogen (secondary N) is 1. The molecule has 0 amide bonds. The molecule has 1 saturated carbocycles. The van der Waals surface area contributed by atoms with E-state index in [2.05, 4.69) is 5.10 Å². The Labute approximate surface area is 221 Å². The Balaban J connectivity index is 1.52. The summed E-state index contributed by atoms with van der Waals surface area (Å²) < 4.78 is 70.6. The van der Waals surface area contributed by atoms with Gasteiger partial charge in [0.1, 0.15) is 12.2 Å². The number of carbonyl (C=O) groups excluding carboxylic acids is 2. The number of benzene rings is 2. The number of nitrogens with zero attached hydrogens (tertiary/aromatic N) is 3. The van der Waals surface area contributed by atoms with Crippen LogP contribution in [0.2, 0.25) is 0 Å². The Morgan fingerprint density at radius 2 is 1.87 bits per heavy atom. The largest absolute Gasteiger partial charge is 0.497 e. The Kier molecular flexibility index (Phi) is 6.97. The molecule has 0 bridgehead atoms. The molecule has 1 spiro atoms. The summed E-state index contributed by atoms with van der Waals surface area (Å²) in [5.41, 5.74) is 2.51. The molecule has 1 N–H and O–H groups in total. The molecule has 2 aliphatic heterocycles. The van der Waals surface area contributed by atoms with E-state index < -0.39 is 47.4 Å². The van der Waals surface area contributed by atoms with Crippen LogP contribution in [-0.2, 0) is 19.0 Å². The first kappa shape index (κ1) is 26.9. The van der Waals surface area contributed by atoms with Gasteiger partial charge in [-0.2, -0.15) is 18.3 Å². The second-order valence-electron chi connectivity index (χ2n) is 9.71. The lowest BCUT2D eigenvalue weighted by molar-refractivity contribution is -0.259. The summed E-state index contributed by atoms with van der Waals surface area (Å²) in [5, 5.41) is 4.18. The van der Waals surface area contributed by atoms with Crippen LogP contribution in [0.4, 0.5) is 23.2 Å². The maximum Gasteiger partial charge on any atom is 0.497 e. The Bertz CT molecular complexity index is 1290. The Morgan fingerprint density at radius 1 is 1.13 bits per heavy atom. The number of ether oxygens (including phenoxy) is 3. The van der Waals surface area contributed by atoms with Crippen molar-refractivity contribution < 1.29 is 41.4 Å². The standard InChI is InChI=1S/C26H26F4N4O5/c1-37-23(35)19-8-7-18(33-14-31-32-34(33)26(28,29)30)11-21(19)16-12-25(39-13-16)10-9-20(24(36)38-2)22(25)15-3-5-17(27)6-4-15/h3-8,11,14,16,20,22,32H,9-10,12-13H2,1-2H3/t16?,20-,22+,25+/m0/s1. The molecule has 39 heavy (non-hydrogen) atoms. The fourth-order valence-corrected chi connectivity index (χ4v) is 6.01. The molecule has 13 heteroatoms. The molecule has 2 fully saturated rings. The maximum absolute atomic E-state index is 13.7. The highest BCUT2D eigenvalue weighted by atomic mass is 19.4. The van der Waals surface area contributed by atoms with Crippen LogP contribution in [-0.4, -0.2) is 56.1 Å². The van der Waals surface area contributed by atoms with Gasteiger partial charge in [-0.3, -0.25) is 4.79 Å². The molecule has 1 unspecified atom stereocenters. The van der Waals surface area contributed by atoms with Crippen LogP contribution in [0.1, 0.15) is 52.6 Å². The van der Waals surface area contributed by atoms with Gasteiger partial charge in [-0.15, -0.1) is 0 Å². The number of methoxy groups -OCH3 is 2. The van der Waals surface area contributed by atoms with Crippen molar-refractivity contribution in [2.75, 3.05) is 25.8 Å². The van der Waals surface area contributed by atoms with Gasteiger partial charge in [-0.25, -0.2) is 19.7 Å². The highest BCUT2D eigenvalue weighted by Gasteiger charge is 2.57. The lowest BCUT2D eigenvalue weighted by Crippen LogP contribution is -2.52. The fraction of sp³-hybridized carbons (Fsp3) is 0.423. The molecular formula is C26H26F4N4O5. The summed E-state index contributed by atoms with van der Waals surface area (Å²) in [6.45, 7) is 0.147. The first-order chi connectivity index (χ1) is 18.6. The number of anilines is 1. The van der Waals surface area contributed by atoms with E-state index in [4.69, 9.17) is 14.2 Å². The molecule has 5 rings (SSSR count). The summed E-state index contributed by atoms with van der Waals surface area (Å²) in [6, 6.07) is 10.1. The number of hydrogen-bond acceptors (Lipinski definition) is 9. The van der Waals surface area contributed by atoms with Gasteiger partial charge in [0.2, 0.25) is 0 Å². The topological polar surface area (TPSA) is 92.7 Å². The highest BCUT2D eigenvalue weighted by molar-refractivity contribution is 5.92. The van der Waals surface area contributed by atoms with Gasteiger partial charge in [0, 0.05) is 11.8 Å². The fourth-order valence-electron chi connectivity index (χ4n) is 6.01. The van der Waals surface area contributed by atoms with Gasteiger partial charge in [-0.1, -0.05) is 12.1 Å². The summed E-state index contributed by atoms with van der Waals surface area (Å²) in [7, 11) is 2.53. The first-order valence-electron chi connectivity index (χ1n) is 12.2. The quantitative estimate of drug-likeness (QED) is 0.336. The molecule has 1 aliphatic carbocycles. The molecule has 1 saturated heterocycles. The molecule has 4 atom stereocenters. The zero-order valence-corrected chi connectivity index (χ0v) is 21.1. The van der Waals surface area contributed by atoms with Crippen LogP contribution >= 0.6 is 0 Å². The summed E-state index contributed by atoms with van der Waals surface area (Å²) in [6.07, 6.45) is -2.46. The minimum absolute atomic E-state index is 0.0982.